The molecule has 0 bridgehead atoms. The molecule has 42 heavy (non-hydrogen) atoms. The van der Waals surface area contributed by atoms with Crippen LogP contribution in [0.2, 0.25) is 0 Å². The van der Waals surface area contributed by atoms with Crippen molar-refractivity contribution in [1.29, 1.82) is 0 Å². The number of nitrogens with zero attached hydrogens (tertiary/aromatic N) is 1. The Morgan fingerprint density at radius 3 is 1.81 bits per heavy atom. The molecule has 0 N–H and O–H groups in total. The number of benzene rings is 7. The fraction of sp³-hybridized carbons (Fsp3) is 0. The van der Waals surface area contributed by atoms with E-state index >= 15 is 0 Å². The first kappa shape index (κ1) is 24.6. The Kier molecular flexibility index (Phi) is 6.05. The van der Waals surface area contributed by atoms with Gasteiger partial charge in [0.2, 0.25) is 0 Å². The third-order valence-corrected chi connectivity index (χ3v) is 9.33. The van der Waals surface area contributed by atoms with Crippen LogP contribution in [0.15, 0.2) is 164 Å². The molecule has 0 saturated carbocycles. The number of para-hydroxylation sites is 1. The second-order valence-corrected chi connectivity index (χ2v) is 11.6. The Morgan fingerprint density at radius 1 is 0.381 bits per heavy atom. The summed E-state index contributed by atoms with van der Waals surface area (Å²) in [5.74, 6) is 0. The smallest absolute Gasteiger partial charge is 0.0640 e. The van der Waals surface area contributed by atoms with Crippen molar-refractivity contribution < 1.29 is 0 Å². The summed E-state index contributed by atoms with van der Waals surface area (Å²) in [6.07, 6.45) is 0. The van der Waals surface area contributed by atoms with E-state index in [1.807, 2.05) is 11.3 Å². The zero-order valence-electron chi connectivity index (χ0n) is 22.9. The van der Waals surface area contributed by atoms with E-state index in [0.29, 0.717) is 0 Å². The Labute approximate surface area is 249 Å². The quantitative estimate of drug-likeness (QED) is 0.205. The number of hydrogen-bond donors (Lipinski definition) is 0. The average molecular weight is 554 g/mol. The summed E-state index contributed by atoms with van der Waals surface area (Å²) in [6, 6.07) is 59.0. The molecule has 1 heterocycles. The van der Waals surface area contributed by atoms with E-state index in [-0.39, 0.29) is 0 Å². The van der Waals surface area contributed by atoms with Gasteiger partial charge in [-0.2, -0.15) is 0 Å². The van der Waals surface area contributed by atoms with Gasteiger partial charge in [0.1, 0.15) is 0 Å². The first-order valence-electron chi connectivity index (χ1n) is 14.3. The minimum atomic E-state index is 1.14. The maximum absolute atomic E-state index is 2.44. The zero-order chi connectivity index (χ0) is 27.9. The fourth-order valence-electron chi connectivity index (χ4n) is 6.06. The van der Waals surface area contributed by atoms with Crippen LogP contribution in [0.3, 0.4) is 0 Å². The second kappa shape index (κ2) is 10.3. The third kappa shape index (κ3) is 4.16. The summed E-state index contributed by atoms with van der Waals surface area (Å²) in [6.45, 7) is 0. The van der Waals surface area contributed by atoms with Gasteiger partial charge in [0, 0.05) is 26.7 Å². The third-order valence-electron chi connectivity index (χ3n) is 8.05. The highest BCUT2D eigenvalue weighted by molar-refractivity contribution is 7.27. The van der Waals surface area contributed by atoms with E-state index in [2.05, 4.69) is 169 Å². The Morgan fingerprint density at radius 2 is 1.02 bits per heavy atom. The van der Waals surface area contributed by atoms with Crippen molar-refractivity contribution in [2.45, 2.75) is 0 Å². The largest absolute Gasteiger partial charge is 0.308 e. The maximum atomic E-state index is 2.44. The number of hydrogen-bond acceptors (Lipinski definition) is 2. The summed E-state index contributed by atoms with van der Waals surface area (Å²) in [7, 11) is 0. The molecular weight excluding hydrogens is 527 g/mol. The molecule has 7 aromatic carbocycles. The van der Waals surface area contributed by atoms with E-state index in [4.69, 9.17) is 0 Å². The van der Waals surface area contributed by atoms with Crippen LogP contribution in [-0.4, -0.2) is 0 Å². The average Bonchev–Trinajstić information content (AvgIpc) is 3.46. The summed E-state index contributed by atoms with van der Waals surface area (Å²) in [5, 5.41) is 5.19. The Balaban J connectivity index is 1.42. The van der Waals surface area contributed by atoms with E-state index in [1.54, 1.807) is 0 Å². The first-order chi connectivity index (χ1) is 20.8. The summed E-state index contributed by atoms with van der Waals surface area (Å²) in [4.78, 5) is 2.44. The van der Waals surface area contributed by atoms with Gasteiger partial charge in [-0.3, -0.25) is 0 Å². The number of fused-ring (bicyclic) bond motifs is 5. The minimum Gasteiger partial charge on any atom is -0.308 e. The van der Waals surface area contributed by atoms with Crippen LogP contribution in [0.4, 0.5) is 17.1 Å². The van der Waals surface area contributed by atoms with Crippen LogP contribution < -0.4 is 4.90 Å². The van der Waals surface area contributed by atoms with Gasteiger partial charge < -0.3 is 4.90 Å². The molecule has 0 saturated heterocycles. The lowest BCUT2D eigenvalue weighted by atomic mass is 9.96. The molecule has 0 spiro atoms. The lowest BCUT2D eigenvalue weighted by molar-refractivity contribution is 1.30. The molecule has 0 aliphatic carbocycles. The molecule has 0 atom stereocenters. The molecule has 0 aliphatic rings. The van der Waals surface area contributed by atoms with E-state index in [0.717, 1.165) is 11.4 Å². The van der Waals surface area contributed by atoms with Gasteiger partial charge in [0.15, 0.2) is 0 Å². The summed E-state index contributed by atoms with van der Waals surface area (Å²) in [5.41, 5.74) is 8.29. The van der Waals surface area contributed by atoms with Crippen LogP contribution in [0, 0.1) is 0 Å². The molecular formula is C40H27NS. The standard InChI is InChI=1S/C40H27NS/c1-4-13-28(14-5-1)31-24-26-37(36(27-31)29-15-6-2-7-16-29)41(32-18-8-3-9-19-32)38-22-12-21-34-35-25-23-30-17-10-11-20-33(30)39(35)42-40(34)38/h1-27H. The van der Waals surface area contributed by atoms with E-state index < -0.39 is 0 Å². The van der Waals surface area contributed by atoms with Crippen LogP contribution in [0.25, 0.3) is 53.2 Å². The highest BCUT2D eigenvalue weighted by Gasteiger charge is 2.21. The van der Waals surface area contributed by atoms with Gasteiger partial charge in [-0.05, 0) is 57.8 Å². The highest BCUT2D eigenvalue weighted by atomic mass is 32.1. The van der Waals surface area contributed by atoms with Crippen molar-refractivity contribution in [1.82, 2.24) is 0 Å². The molecule has 1 aromatic heterocycles. The summed E-state index contributed by atoms with van der Waals surface area (Å²) < 4.78 is 2.63. The van der Waals surface area contributed by atoms with Crippen LogP contribution >= 0.6 is 11.3 Å². The number of rotatable bonds is 5. The molecule has 8 aromatic rings. The van der Waals surface area contributed by atoms with E-state index in [1.165, 1.54) is 58.9 Å². The Hall–Kier alpha value is -5.18. The first-order valence-corrected chi connectivity index (χ1v) is 15.1. The normalized spacial score (nSPS) is 11.3. The maximum Gasteiger partial charge on any atom is 0.0640 e. The van der Waals surface area contributed by atoms with Gasteiger partial charge in [-0.15, -0.1) is 11.3 Å². The van der Waals surface area contributed by atoms with Crippen molar-refractivity contribution in [3.63, 3.8) is 0 Å². The zero-order valence-corrected chi connectivity index (χ0v) is 23.8. The molecule has 2 heteroatoms. The molecule has 0 radical (unpaired) electrons. The topological polar surface area (TPSA) is 3.24 Å². The van der Waals surface area contributed by atoms with Crippen LogP contribution in [-0.2, 0) is 0 Å². The van der Waals surface area contributed by atoms with Crippen LogP contribution in [0.1, 0.15) is 0 Å². The monoisotopic (exact) mass is 553 g/mol. The van der Waals surface area contributed by atoms with Crippen molar-refractivity contribution in [3.05, 3.63) is 164 Å². The number of anilines is 3. The Bertz CT molecular complexity index is 2180. The lowest BCUT2D eigenvalue weighted by Crippen LogP contribution is -2.11. The van der Waals surface area contributed by atoms with Crippen molar-refractivity contribution in [3.8, 4) is 22.3 Å². The van der Waals surface area contributed by atoms with Gasteiger partial charge in [-0.25, -0.2) is 0 Å². The molecule has 0 fully saturated rings. The van der Waals surface area contributed by atoms with Gasteiger partial charge in [0.25, 0.3) is 0 Å². The molecule has 0 unspecified atom stereocenters. The molecule has 1 nitrogen and oxygen atoms in total. The minimum absolute atomic E-state index is 1.14. The second-order valence-electron chi connectivity index (χ2n) is 10.6. The predicted octanol–water partition coefficient (Wildman–Crippen LogP) is 12.0. The molecule has 8 rings (SSSR count). The fourth-order valence-corrected chi connectivity index (χ4v) is 7.40. The van der Waals surface area contributed by atoms with Crippen molar-refractivity contribution >= 4 is 59.3 Å². The summed E-state index contributed by atoms with van der Waals surface area (Å²) >= 11 is 1.90. The SMILES string of the molecule is c1ccc(-c2ccc(N(c3ccccc3)c3cccc4c3sc3c5ccccc5ccc43)c(-c3ccccc3)c2)cc1. The van der Waals surface area contributed by atoms with Crippen LogP contribution in [0.5, 0.6) is 0 Å². The molecule has 198 valence electrons. The van der Waals surface area contributed by atoms with E-state index in [9.17, 15) is 0 Å². The van der Waals surface area contributed by atoms with Gasteiger partial charge in [0.05, 0.1) is 16.1 Å². The van der Waals surface area contributed by atoms with Gasteiger partial charge >= 0.3 is 0 Å². The molecule has 0 amide bonds. The van der Waals surface area contributed by atoms with Crippen molar-refractivity contribution in [2.24, 2.45) is 0 Å². The van der Waals surface area contributed by atoms with Gasteiger partial charge in [-0.1, -0.05) is 133 Å². The van der Waals surface area contributed by atoms with Crippen molar-refractivity contribution in [2.75, 3.05) is 4.90 Å². The lowest BCUT2D eigenvalue weighted by Gasteiger charge is -2.29. The number of thiophene rings is 1. The highest BCUT2D eigenvalue weighted by Crippen LogP contribution is 2.48. The molecule has 0 aliphatic heterocycles. The predicted molar refractivity (Wildman–Crippen MR) is 182 cm³/mol.